The van der Waals surface area contributed by atoms with Gasteiger partial charge in [0.15, 0.2) is 0 Å². The van der Waals surface area contributed by atoms with E-state index < -0.39 is 0 Å². The van der Waals surface area contributed by atoms with Crippen molar-refractivity contribution in [2.24, 2.45) is 0 Å². The highest BCUT2D eigenvalue weighted by molar-refractivity contribution is 7.13. The molecule has 5 nitrogen and oxygen atoms in total. The van der Waals surface area contributed by atoms with E-state index in [1.165, 1.54) is 6.08 Å². The van der Waals surface area contributed by atoms with Crippen LogP contribution in [0.5, 0.6) is 5.75 Å². The Morgan fingerprint density at radius 3 is 2.68 bits per heavy atom. The average molecular weight is 351 g/mol. The molecule has 3 rings (SSSR count). The molecule has 3 aromatic rings. The molecule has 1 aromatic carbocycles. The van der Waals surface area contributed by atoms with E-state index in [0.717, 1.165) is 27.6 Å². The van der Waals surface area contributed by atoms with Gasteiger partial charge in [0.2, 0.25) is 5.91 Å². The smallest absolute Gasteiger partial charge is 0.244 e. The van der Waals surface area contributed by atoms with Gasteiger partial charge in [-0.3, -0.25) is 9.78 Å². The summed E-state index contributed by atoms with van der Waals surface area (Å²) in [5, 5.41) is 5.70. The largest absolute Gasteiger partial charge is 0.497 e. The van der Waals surface area contributed by atoms with Gasteiger partial charge in [-0.1, -0.05) is 12.1 Å². The summed E-state index contributed by atoms with van der Waals surface area (Å²) in [4.78, 5) is 20.5. The first kappa shape index (κ1) is 16.9. The Morgan fingerprint density at radius 2 is 1.96 bits per heavy atom. The zero-order valence-corrected chi connectivity index (χ0v) is 14.5. The molecule has 6 heteroatoms. The van der Waals surface area contributed by atoms with Crippen LogP contribution in [0.1, 0.15) is 11.3 Å². The van der Waals surface area contributed by atoms with Gasteiger partial charge in [-0.15, -0.1) is 11.3 Å². The highest BCUT2D eigenvalue weighted by atomic mass is 32.1. The molecular formula is C19H17N3O2S. The fraction of sp³-hybridized carbons (Fsp3) is 0.105. The maximum Gasteiger partial charge on any atom is 0.244 e. The van der Waals surface area contributed by atoms with Crippen molar-refractivity contribution in [2.45, 2.75) is 6.54 Å². The molecule has 0 saturated heterocycles. The predicted octanol–water partition coefficient (Wildman–Crippen LogP) is 3.54. The molecule has 0 radical (unpaired) electrons. The average Bonchev–Trinajstić information content (AvgIpc) is 3.15. The minimum absolute atomic E-state index is 0.158. The second kappa shape index (κ2) is 8.21. The van der Waals surface area contributed by atoms with Crippen molar-refractivity contribution < 1.29 is 9.53 Å². The molecule has 0 spiro atoms. The van der Waals surface area contributed by atoms with Crippen LogP contribution in [0.15, 0.2) is 60.2 Å². The number of nitrogens with one attached hydrogen (secondary N) is 1. The number of thiazole rings is 1. The quantitative estimate of drug-likeness (QED) is 0.690. The minimum Gasteiger partial charge on any atom is -0.497 e. The molecular weight excluding hydrogens is 334 g/mol. The number of methoxy groups -OCH3 is 1. The molecule has 0 aliphatic rings. The molecule has 0 fully saturated rings. The summed E-state index contributed by atoms with van der Waals surface area (Å²) in [6, 6.07) is 11.3. The molecule has 1 amide bonds. The monoisotopic (exact) mass is 351 g/mol. The number of ether oxygens (including phenoxy) is 1. The van der Waals surface area contributed by atoms with Crippen LogP contribution in [-0.4, -0.2) is 23.0 Å². The molecule has 2 heterocycles. The van der Waals surface area contributed by atoms with Gasteiger partial charge >= 0.3 is 0 Å². The number of nitrogens with zero attached hydrogens (tertiary/aromatic N) is 2. The number of carbonyl (C=O) groups excluding carboxylic acids is 1. The van der Waals surface area contributed by atoms with E-state index in [9.17, 15) is 4.79 Å². The highest BCUT2D eigenvalue weighted by Crippen LogP contribution is 2.22. The van der Waals surface area contributed by atoms with Crippen LogP contribution in [0.25, 0.3) is 16.6 Å². The molecule has 0 bridgehead atoms. The Kier molecular flexibility index (Phi) is 5.53. The summed E-state index contributed by atoms with van der Waals surface area (Å²) in [6.45, 7) is 0.396. The van der Waals surface area contributed by atoms with Crippen molar-refractivity contribution in [3.8, 4) is 16.3 Å². The van der Waals surface area contributed by atoms with Crippen LogP contribution in [-0.2, 0) is 11.3 Å². The van der Waals surface area contributed by atoms with Crippen molar-refractivity contribution in [3.63, 3.8) is 0 Å². The third-order valence-electron chi connectivity index (χ3n) is 3.47. The number of amides is 1. The molecule has 25 heavy (non-hydrogen) atoms. The van der Waals surface area contributed by atoms with Crippen molar-refractivity contribution in [1.82, 2.24) is 15.3 Å². The lowest BCUT2D eigenvalue weighted by Gasteiger charge is -2.00. The lowest BCUT2D eigenvalue weighted by Crippen LogP contribution is -2.20. The molecule has 0 aliphatic heterocycles. The van der Waals surface area contributed by atoms with E-state index in [2.05, 4.69) is 15.3 Å². The van der Waals surface area contributed by atoms with Gasteiger partial charge in [0, 0.05) is 29.4 Å². The summed E-state index contributed by atoms with van der Waals surface area (Å²) in [7, 11) is 1.62. The number of hydrogen-bond acceptors (Lipinski definition) is 5. The van der Waals surface area contributed by atoms with Gasteiger partial charge in [0.25, 0.3) is 0 Å². The third kappa shape index (κ3) is 4.74. The van der Waals surface area contributed by atoms with Gasteiger partial charge in [0.05, 0.1) is 19.3 Å². The molecule has 2 aromatic heterocycles. The van der Waals surface area contributed by atoms with E-state index in [-0.39, 0.29) is 5.91 Å². The summed E-state index contributed by atoms with van der Waals surface area (Å²) in [5.74, 6) is 0.629. The SMILES string of the molecule is COc1ccc(/C=C/C(=O)NCc2csc(-c3ccncc3)n2)cc1. The van der Waals surface area contributed by atoms with Crippen LogP contribution < -0.4 is 10.1 Å². The van der Waals surface area contributed by atoms with Crippen LogP contribution >= 0.6 is 11.3 Å². The first-order valence-corrected chi connectivity index (χ1v) is 8.57. The zero-order chi connectivity index (χ0) is 17.5. The van der Waals surface area contributed by atoms with Crippen molar-refractivity contribution in [3.05, 3.63) is 71.5 Å². The van der Waals surface area contributed by atoms with Crippen molar-refractivity contribution in [2.75, 3.05) is 7.11 Å². The highest BCUT2D eigenvalue weighted by Gasteiger charge is 2.05. The van der Waals surface area contributed by atoms with Gasteiger partial charge in [-0.2, -0.15) is 0 Å². The van der Waals surface area contributed by atoms with Gasteiger partial charge < -0.3 is 10.1 Å². The number of hydrogen-bond donors (Lipinski definition) is 1. The van der Waals surface area contributed by atoms with E-state index >= 15 is 0 Å². The number of carbonyl (C=O) groups is 1. The normalized spacial score (nSPS) is 10.8. The summed E-state index contributed by atoms with van der Waals surface area (Å²) < 4.78 is 5.10. The molecule has 0 atom stereocenters. The number of benzene rings is 1. The molecule has 0 unspecified atom stereocenters. The van der Waals surface area contributed by atoms with E-state index in [1.54, 1.807) is 36.9 Å². The van der Waals surface area contributed by atoms with Crippen molar-refractivity contribution >= 4 is 23.3 Å². The minimum atomic E-state index is -0.158. The molecule has 126 valence electrons. The van der Waals surface area contributed by atoms with Crippen LogP contribution in [0.3, 0.4) is 0 Å². The van der Waals surface area contributed by atoms with Crippen LogP contribution in [0.2, 0.25) is 0 Å². The summed E-state index contributed by atoms with van der Waals surface area (Å²) >= 11 is 1.55. The Bertz CT molecular complexity index is 858. The Labute approximate surface area is 150 Å². The zero-order valence-electron chi connectivity index (χ0n) is 13.7. The van der Waals surface area contributed by atoms with Gasteiger partial charge in [0.1, 0.15) is 10.8 Å². The molecule has 0 aliphatic carbocycles. The second-order valence-corrected chi connectivity index (χ2v) is 6.06. The third-order valence-corrected chi connectivity index (χ3v) is 4.41. The van der Waals surface area contributed by atoms with Gasteiger partial charge in [-0.05, 0) is 35.9 Å². The topological polar surface area (TPSA) is 64.1 Å². The maximum atomic E-state index is 11.9. The van der Waals surface area contributed by atoms with Crippen LogP contribution in [0, 0.1) is 0 Å². The fourth-order valence-electron chi connectivity index (χ4n) is 2.14. The lowest BCUT2D eigenvalue weighted by molar-refractivity contribution is -0.116. The van der Waals surface area contributed by atoms with E-state index in [0.29, 0.717) is 6.54 Å². The maximum absolute atomic E-state index is 11.9. The Morgan fingerprint density at radius 1 is 1.20 bits per heavy atom. The lowest BCUT2D eigenvalue weighted by atomic mass is 10.2. The molecule has 0 saturated carbocycles. The molecule has 1 N–H and O–H groups in total. The van der Waals surface area contributed by atoms with E-state index in [4.69, 9.17) is 4.74 Å². The number of pyridine rings is 1. The first-order chi connectivity index (χ1) is 12.2. The summed E-state index contributed by atoms with van der Waals surface area (Å²) in [5.41, 5.74) is 2.80. The van der Waals surface area contributed by atoms with Crippen LogP contribution in [0.4, 0.5) is 0 Å². The number of aromatic nitrogens is 2. The van der Waals surface area contributed by atoms with E-state index in [1.807, 2.05) is 41.8 Å². The predicted molar refractivity (Wildman–Crippen MR) is 99.2 cm³/mol. The van der Waals surface area contributed by atoms with Crippen molar-refractivity contribution in [1.29, 1.82) is 0 Å². The number of rotatable bonds is 6. The fourth-order valence-corrected chi connectivity index (χ4v) is 2.96. The summed E-state index contributed by atoms with van der Waals surface area (Å²) in [6.07, 6.45) is 6.75. The second-order valence-electron chi connectivity index (χ2n) is 5.20. The Hall–Kier alpha value is -2.99. The Balaban J connectivity index is 1.53. The van der Waals surface area contributed by atoms with Gasteiger partial charge in [-0.25, -0.2) is 4.98 Å². The standard InChI is InChI=1S/C19H17N3O2S/c1-24-17-5-2-14(3-6-17)4-7-18(23)21-12-16-13-25-19(22-16)15-8-10-20-11-9-15/h2-11,13H,12H2,1H3,(H,21,23)/b7-4+. The first-order valence-electron chi connectivity index (χ1n) is 7.69.